The van der Waals surface area contributed by atoms with Crippen LogP contribution in [0.5, 0.6) is 17.2 Å². The van der Waals surface area contributed by atoms with Crippen molar-refractivity contribution in [1.82, 2.24) is 4.98 Å². The Morgan fingerprint density at radius 3 is 2.78 bits per heavy atom. The first-order chi connectivity index (χ1) is 13.2. The van der Waals surface area contributed by atoms with Gasteiger partial charge in [-0.2, -0.15) is 0 Å². The van der Waals surface area contributed by atoms with Crippen LogP contribution >= 0.6 is 0 Å². The summed E-state index contributed by atoms with van der Waals surface area (Å²) >= 11 is 0. The molecule has 2 aromatic rings. The highest BCUT2D eigenvalue weighted by atomic mass is 19.1. The molecular formula is C20H21FN2O4. The smallest absolute Gasteiger partial charge is 0.231 e. The van der Waals surface area contributed by atoms with E-state index in [-0.39, 0.29) is 18.7 Å². The van der Waals surface area contributed by atoms with Crippen LogP contribution < -0.4 is 19.1 Å². The summed E-state index contributed by atoms with van der Waals surface area (Å²) in [5, 5.41) is 10.6. The molecule has 2 fully saturated rings. The number of halogens is 1. The Labute approximate surface area is 156 Å². The molecule has 142 valence electrons. The van der Waals surface area contributed by atoms with Crippen molar-refractivity contribution in [2.45, 2.75) is 25.0 Å². The molecule has 0 amide bonds. The van der Waals surface area contributed by atoms with E-state index >= 15 is 0 Å². The lowest BCUT2D eigenvalue weighted by molar-refractivity contribution is -0.0232. The zero-order valence-corrected chi connectivity index (χ0v) is 14.8. The second-order valence-electron chi connectivity index (χ2n) is 7.44. The zero-order valence-electron chi connectivity index (χ0n) is 14.8. The molecule has 3 aliphatic rings. The fourth-order valence-electron chi connectivity index (χ4n) is 4.42. The minimum Gasteiger partial charge on any atom is -0.488 e. The van der Waals surface area contributed by atoms with Crippen molar-refractivity contribution in [2.24, 2.45) is 11.8 Å². The summed E-state index contributed by atoms with van der Waals surface area (Å²) in [6.07, 6.45) is 2.14. The second-order valence-corrected chi connectivity index (χ2v) is 7.44. The molecule has 0 unspecified atom stereocenters. The van der Waals surface area contributed by atoms with E-state index in [0.29, 0.717) is 47.9 Å². The average Bonchev–Trinajstić information content (AvgIpc) is 3.28. The molecule has 0 spiro atoms. The summed E-state index contributed by atoms with van der Waals surface area (Å²) in [4.78, 5) is 6.18. The standard InChI is InChI=1S/C20H21FN2O4/c21-15-2-1-5-22-20(15)23-9-12-6-16(24)18(7-13(12)10-23)27-14-3-4-17-19(8-14)26-11-25-17/h1-5,8,12-13,16,18,24H,6-7,9-11H2/t12-,13+,16+,18+/m0/s1. The molecule has 1 aromatic heterocycles. The van der Waals surface area contributed by atoms with Crippen LogP contribution in [-0.2, 0) is 0 Å². The maximum absolute atomic E-state index is 14.1. The van der Waals surface area contributed by atoms with Gasteiger partial charge in [0, 0.05) is 25.4 Å². The lowest BCUT2D eigenvalue weighted by atomic mass is 9.78. The molecule has 2 aliphatic heterocycles. The molecule has 5 rings (SSSR count). The minimum atomic E-state index is -0.551. The summed E-state index contributed by atoms with van der Waals surface area (Å²) in [6, 6.07) is 8.48. The van der Waals surface area contributed by atoms with E-state index in [9.17, 15) is 9.50 Å². The maximum atomic E-state index is 14.1. The maximum Gasteiger partial charge on any atom is 0.231 e. The largest absolute Gasteiger partial charge is 0.488 e. The highest BCUT2D eigenvalue weighted by Gasteiger charge is 2.43. The van der Waals surface area contributed by atoms with Crippen molar-refractivity contribution >= 4 is 5.82 Å². The molecule has 6 nitrogen and oxygen atoms in total. The Morgan fingerprint density at radius 2 is 1.93 bits per heavy atom. The van der Waals surface area contributed by atoms with Gasteiger partial charge in [-0.25, -0.2) is 9.37 Å². The molecular weight excluding hydrogens is 351 g/mol. The third kappa shape index (κ3) is 3.06. The Bertz CT molecular complexity index is 848. The lowest BCUT2D eigenvalue weighted by Gasteiger charge is -2.35. The molecule has 4 atom stereocenters. The van der Waals surface area contributed by atoms with Gasteiger partial charge in [-0.15, -0.1) is 0 Å². The number of fused-ring (bicyclic) bond motifs is 2. The summed E-state index contributed by atoms with van der Waals surface area (Å²) in [6.45, 7) is 1.66. The van der Waals surface area contributed by atoms with Gasteiger partial charge in [0.05, 0.1) is 6.10 Å². The highest BCUT2D eigenvalue weighted by Crippen LogP contribution is 2.41. The molecule has 1 saturated carbocycles. The first-order valence-electron chi connectivity index (χ1n) is 9.27. The number of aliphatic hydroxyl groups is 1. The van der Waals surface area contributed by atoms with Gasteiger partial charge < -0.3 is 24.2 Å². The van der Waals surface area contributed by atoms with Crippen LogP contribution in [0.15, 0.2) is 36.5 Å². The van der Waals surface area contributed by atoms with Crippen molar-refractivity contribution in [3.8, 4) is 17.2 Å². The lowest BCUT2D eigenvalue weighted by Crippen LogP contribution is -2.42. The zero-order chi connectivity index (χ0) is 18.4. The molecule has 7 heteroatoms. The van der Waals surface area contributed by atoms with Crippen LogP contribution in [-0.4, -0.2) is 42.2 Å². The van der Waals surface area contributed by atoms with Crippen molar-refractivity contribution in [3.05, 3.63) is 42.3 Å². The number of hydrogen-bond acceptors (Lipinski definition) is 6. The van der Waals surface area contributed by atoms with Gasteiger partial charge >= 0.3 is 0 Å². The normalized spacial score (nSPS) is 28.9. The second kappa shape index (κ2) is 6.56. The number of aromatic nitrogens is 1. The van der Waals surface area contributed by atoms with Gasteiger partial charge in [-0.3, -0.25) is 0 Å². The van der Waals surface area contributed by atoms with Crippen molar-refractivity contribution in [3.63, 3.8) is 0 Å². The quantitative estimate of drug-likeness (QED) is 0.894. The number of rotatable bonds is 3. The fraction of sp³-hybridized carbons (Fsp3) is 0.450. The van der Waals surface area contributed by atoms with E-state index in [4.69, 9.17) is 14.2 Å². The number of hydrogen-bond donors (Lipinski definition) is 1. The van der Waals surface area contributed by atoms with Gasteiger partial charge in [0.15, 0.2) is 23.1 Å². The van der Waals surface area contributed by atoms with Crippen LogP contribution in [0.25, 0.3) is 0 Å². The van der Waals surface area contributed by atoms with Gasteiger partial charge in [0.25, 0.3) is 0 Å². The predicted molar refractivity (Wildman–Crippen MR) is 95.6 cm³/mol. The first-order valence-corrected chi connectivity index (χ1v) is 9.27. The molecule has 1 aliphatic carbocycles. The van der Waals surface area contributed by atoms with Gasteiger partial charge in [-0.05, 0) is 48.9 Å². The average molecular weight is 372 g/mol. The van der Waals surface area contributed by atoms with Gasteiger partial charge in [0.1, 0.15) is 11.9 Å². The fourth-order valence-corrected chi connectivity index (χ4v) is 4.42. The van der Waals surface area contributed by atoms with Crippen LogP contribution in [0.2, 0.25) is 0 Å². The first kappa shape index (κ1) is 16.6. The van der Waals surface area contributed by atoms with E-state index in [1.54, 1.807) is 18.3 Å². The highest BCUT2D eigenvalue weighted by molar-refractivity contribution is 5.47. The SMILES string of the molecule is O[C@@H]1C[C@H]2CN(c3ncccc3F)C[C@H]2C[C@H]1Oc1ccc2c(c1)OCO2. The van der Waals surface area contributed by atoms with E-state index in [1.807, 2.05) is 17.0 Å². The third-order valence-electron chi connectivity index (χ3n) is 5.75. The molecule has 1 aromatic carbocycles. The van der Waals surface area contributed by atoms with Crippen LogP contribution in [0.4, 0.5) is 10.2 Å². The van der Waals surface area contributed by atoms with Crippen molar-refractivity contribution in [2.75, 3.05) is 24.8 Å². The van der Waals surface area contributed by atoms with Crippen LogP contribution in [0.1, 0.15) is 12.8 Å². The van der Waals surface area contributed by atoms with E-state index in [1.165, 1.54) is 6.07 Å². The molecule has 1 saturated heterocycles. The number of anilines is 1. The van der Waals surface area contributed by atoms with E-state index < -0.39 is 6.10 Å². The molecule has 0 radical (unpaired) electrons. The Hall–Kier alpha value is -2.54. The van der Waals surface area contributed by atoms with Gasteiger partial charge in [-0.1, -0.05) is 0 Å². The molecule has 1 N–H and O–H groups in total. The number of benzene rings is 1. The number of pyridine rings is 1. The molecule has 0 bridgehead atoms. The predicted octanol–water partition coefficient (Wildman–Crippen LogP) is 2.60. The van der Waals surface area contributed by atoms with Crippen molar-refractivity contribution < 1.29 is 23.7 Å². The minimum absolute atomic E-state index is 0.217. The number of nitrogens with zero attached hydrogens (tertiary/aromatic N) is 2. The summed E-state index contributed by atoms with van der Waals surface area (Å²) in [5.74, 6) is 2.78. The number of aliphatic hydroxyl groups excluding tert-OH is 1. The Balaban J connectivity index is 1.29. The summed E-state index contributed by atoms with van der Waals surface area (Å²) in [5.41, 5.74) is 0. The summed E-state index contributed by atoms with van der Waals surface area (Å²) < 4.78 is 30.8. The summed E-state index contributed by atoms with van der Waals surface area (Å²) in [7, 11) is 0. The Morgan fingerprint density at radius 1 is 1.11 bits per heavy atom. The third-order valence-corrected chi connectivity index (χ3v) is 5.75. The number of ether oxygens (including phenoxy) is 3. The van der Waals surface area contributed by atoms with E-state index in [2.05, 4.69) is 4.98 Å². The van der Waals surface area contributed by atoms with Crippen LogP contribution in [0, 0.1) is 17.7 Å². The van der Waals surface area contributed by atoms with Crippen molar-refractivity contribution in [1.29, 1.82) is 0 Å². The van der Waals surface area contributed by atoms with Gasteiger partial charge in [0.2, 0.25) is 6.79 Å². The van der Waals surface area contributed by atoms with Crippen LogP contribution in [0.3, 0.4) is 0 Å². The Kier molecular flexibility index (Phi) is 4.04. The topological polar surface area (TPSA) is 64.1 Å². The molecule has 3 heterocycles. The molecule has 27 heavy (non-hydrogen) atoms. The monoisotopic (exact) mass is 372 g/mol. The van der Waals surface area contributed by atoms with E-state index in [0.717, 1.165) is 13.0 Å².